The average molecular weight is 389 g/mol. The molecule has 1 N–H and O–H groups in total. The van der Waals surface area contributed by atoms with Gasteiger partial charge < -0.3 is 10.2 Å². The number of nitrogens with one attached hydrogen (secondary N) is 1. The van der Waals surface area contributed by atoms with Gasteiger partial charge in [-0.1, -0.05) is 65.8 Å². The molecule has 0 bridgehead atoms. The van der Waals surface area contributed by atoms with E-state index in [4.69, 9.17) is 11.6 Å². The Labute approximate surface area is 163 Å². The molecular weight excluding hydrogens is 368 g/mol. The number of hydrogen-bond acceptors (Lipinski definition) is 5. The molecule has 1 aromatic heterocycles. The molecule has 1 amide bonds. The van der Waals surface area contributed by atoms with Gasteiger partial charge in [-0.15, -0.1) is 13.2 Å². The number of thioether (sulfide) groups is 1. The lowest BCUT2D eigenvalue weighted by Crippen LogP contribution is -2.25. The highest BCUT2D eigenvalue weighted by atomic mass is 35.5. The highest BCUT2D eigenvalue weighted by molar-refractivity contribution is 7.99. The molecule has 0 saturated heterocycles. The van der Waals surface area contributed by atoms with Crippen LogP contribution in [0.25, 0.3) is 0 Å². The highest BCUT2D eigenvalue weighted by Gasteiger charge is 2.11. The zero-order chi connectivity index (χ0) is 18.8. The van der Waals surface area contributed by atoms with Crippen LogP contribution in [0.3, 0.4) is 0 Å². The fourth-order valence-corrected chi connectivity index (χ4v) is 3.07. The summed E-state index contributed by atoms with van der Waals surface area (Å²) in [5, 5.41) is 3.67. The number of anilines is 1. The third kappa shape index (κ3) is 6.54. The van der Waals surface area contributed by atoms with Crippen molar-refractivity contribution < 1.29 is 4.79 Å². The van der Waals surface area contributed by atoms with Crippen LogP contribution < -0.4 is 10.2 Å². The van der Waals surface area contributed by atoms with E-state index in [1.165, 1.54) is 11.8 Å². The molecule has 1 aromatic carbocycles. The van der Waals surface area contributed by atoms with Gasteiger partial charge in [0, 0.05) is 25.7 Å². The molecule has 0 radical (unpaired) electrons. The predicted molar refractivity (Wildman–Crippen MR) is 109 cm³/mol. The molecule has 0 fully saturated rings. The molecule has 0 aliphatic rings. The van der Waals surface area contributed by atoms with Crippen LogP contribution in [-0.4, -0.2) is 34.7 Å². The van der Waals surface area contributed by atoms with Crippen molar-refractivity contribution in [2.24, 2.45) is 0 Å². The first-order chi connectivity index (χ1) is 12.6. The SMILES string of the molecule is C=CCN(CC=C)c1cc(Cl)nc(SCC(=O)NCc2ccccc2)n1. The van der Waals surface area contributed by atoms with E-state index in [9.17, 15) is 4.79 Å². The maximum Gasteiger partial charge on any atom is 0.230 e. The van der Waals surface area contributed by atoms with E-state index in [0.29, 0.717) is 35.8 Å². The molecule has 0 aliphatic heterocycles. The normalized spacial score (nSPS) is 10.2. The minimum absolute atomic E-state index is 0.0852. The molecule has 0 unspecified atom stereocenters. The first-order valence-corrected chi connectivity index (χ1v) is 9.43. The van der Waals surface area contributed by atoms with Crippen LogP contribution in [0.4, 0.5) is 5.82 Å². The number of nitrogens with zero attached hydrogens (tertiary/aromatic N) is 3. The second-order valence-corrected chi connectivity index (χ2v) is 6.69. The van der Waals surface area contributed by atoms with Gasteiger partial charge in [0.1, 0.15) is 11.0 Å². The topological polar surface area (TPSA) is 58.1 Å². The zero-order valence-electron chi connectivity index (χ0n) is 14.4. The number of carbonyl (C=O) groups excluding carboxylic acids is 1. The molecule has 0 aliphatic carbocycles. The van der Waals surface area contributed by atoms with Crippen molar-refractivity contribution in [2.75, 3.05) is 23.7 Å². The Kier molecular flexibility index (Phi) is 8.18. The van der Waals surface area contributed by atoms with Gasteiger partial charge in [-0.3, -0.25) is 4.79 Å². The van der Waals surface area contributed by atoms with Crippen molar-refractivity contribution in [1.82, 2.24) is 15.3 Å². The summed E-state index contributed by atoms with van der Waals surface area (Å²) < 4.78 is 0. The Morgan fingerprint density at radius 1 is 1.19 bits per heavy atom. The third-order valence-electron chi connectivity index (χ3n) is 3.35. The second kappa shape index (κ2) is 10.6. The minimum atomic E-state index is -0.0852. The largest absolute Gasteiger partial charge is 0.351 e. The Morgan fingerprint density at radius 2 is 1.88 bits per heavy atom. The molecule has 2 rings (SSSR count). The molecule has 0 spiro atoms. The van der Waals surface area contributed by atoms with Crippen LogP contribution in [-0.2, 0) is 11.3 Å². The fraction of sp³-hybridized carbons (Fsp3) is 0.211. The quantitative estimate of drug-likeness (QED) is 0.291. The van der Waals surface area contributed by atoms with Gasteiger partial charge >= 0.3 is 0 Å². The van der Waals surface area contributed by atoms with Gasteiger partial charge in [-0.25, -0.2) is 9.97 Å². The van der Waals surface area contributed by atoms with Crippen molar-refractivity contribution in [3.8, 4) is 0 Å². The van der Waals surface area contributed by atoms with Crippen LogP contribution in [0.5, 0.6) is 0 Å². The van der Waals surface area contributed by atoms with Crippen molar-refractivity contribution in [1.29, 1.82) is 0 Å². The lowest BCUT2D eigenvalue weighted by molar-refractivity contribution is -0.118. The number of rotatable bonds is 10. The van der Waals surface area contributed by atoms with Crippen molar-refractivity contribution >= 4 is 35.1 Å². The highest BCUT2D eigenvalue weighted by Crippen LogP contribution is 2.22. The second-order valence-electron chi connectivity index (χ2n) is 5.36. The number of hydrogen-bond donors (Lipinski definition) is 1. The summed E-state index contributed by atoms with van der Waals surface area (Å²) in [5.74, 6) is 0.810. The fourth-order valence-electron chi connectivity index (χ4n) is 2.16. The number of benzene rings is 1. The summed E-state index contributed by atoms with van der Waals surface area (Å²) in [6.07, 6.45) is 3.56. The molecule has 0 atom stereocenters. The number of aromatic nitrogens is 2. The van der Waals surface area contributed by atoms with E-state index in [2.05, 4.69) is 28.4 Å². The van der Waals surface area contributed by atoms with E-state index < -0.39 is 0 Å². The lowest BCUT2D eigenvalue weighted by atomic mass is 10.2. The molecule has 5 nitrogen and oxygen atoms in total. The summed E-state index contributed by atoms with van der Waals surface area (Å²) in [5.41, 5.74) is 1.05. The summed E-state index contributed by atoms with van der Waals surface area (Å²) in [6, 6.07) is 11.4. The molecular formula is C19H21ClN4OS. The summed E-state index contributed by atoms with van der Waals surface area (Å²) >= 11 is 7.36. The van der Waals surface area contributed by atoms with E-state index in [-0.39, 0.29) is 11.7 Å². The van der Waals surface area contributed by atoms with Gasteiger partial charge in [0.2, 0.25) is 5.91 Å². The maximum atomic E-state index is 12.0. The van der Waals surface area contributed by atoms with E-state index in [1.807, 2.05) is 35.2 Å². The van der Waals surface area contributed by atoms with Crippen LogP contribution in [0.1, 0.15) is 5.56 Å². The van der Waals surface area contributed by atoms with Crippen LogP contribution in [0.15, 0.2) is 66.9 Å². The van der Waals surface area contributed by atoms with E-state index in [0.717, 1.165) is 5.56 Å². The first-order valence-electron chi connectivity index (χ1n) is 8.07. The van der Waals surface area contributed by atoms with Crippen molar-refractivity contribution in [2.45, 2.75) is 11.7 Å². The predicted octanol–water partition coefficient (Wildman–Crippen LogP) is 3.72. The lowest BCUT2D eigenvalue weighted by Gasteiger charge is -2.20. The first kappa shape index (κ1) is 20.0. The van der Waals surface area contributed by atoms with Gasteiger partial charge in [-0.05, 0) is 5.56 Å². The van der Waals surface area contributed by atoms with Crippen molar-refractivity contribution in [3.63, 3.8) is 0 Å². The van der Waals surface area contributed by atoms with Crippen LogP contribution in [0.2, 0.25) is 5.15 Å². The summed E-state index contributed by atoms with van der Waals surface area (Å²) in [4.78, 5) is 22.7. The van der Waals surface area contributed by atoms with Gasteiger partial charge in [-0.2, -0.15) is 0 Å². The molecule has 7 heteroatoms. The maximum absolute atomic E-state index is 12.0. The van der Waals surface area contributed by atoms with Gasteiger partial charge in [0.15, 0.2) is 5.16 Å². The van der Waals surface area contributed by atoms with E-state index in [1.54, 1.807) is 18.2 Å². The van der Waals surface area contributed by atoms with Gasteiger partial charge in [0.05, 0.1) is 5.75 Å². The monoisotopic (exact) mass is 388 g/mol. The Morgan fingerprint density at radius 3 is 2.54 bits per heavy atom. The molecule has 1 heterocycles. The third-order valence-corrected chi connectivity index (χ3v) is 4.39. The summed E-state index contributed by atoms with van der Waals surface area (Å²) in [6.45, 7) is 9.21. The number of amides is 1. The van der Waals surface area contributed by atoms with Crippen molar-refractivity contribution in [3.05, 3.63) is 72.4 Å². The molecule has 136 valence electrons. The standard InChI is InChI=1S/C19H21ClN4OS/c1-3-10-24(11-4-2)17-12-16(20)22-19(23-17)26-14-18(25)21-13-15-8-6-5-7-9-15/h3-9,12H,1-2,10-11,13-14H2,(H,21,25). The van der Waals surface area contributed by atoms with Crippen LogP contribution in [0, 0.1) is 0 Å². The molecule has 2 aromatic rings. The Balaban J connectivity index is 1.94. The summed E-state index contributed by atoms with van der Waals surface area (Å²) in [7, 11) is 0. The Bertz CT molecular complexity index is 744. The Hall–Kier alpha value is -2.31. The average Bonchev–Trinajstić information content (AvgIpc) is 2.65. The molecule has 0 saturated carbocycles. The smallest absolute Gasteiger partial charge is 0.230 e. The van der Waals surface area contributed by atoms with E-state index >= 15 is 0 Å². The number of halogens is 1. The van der Waals surface area contributed by atoms with Crippen LogP contribution >= 0.6 is 23.4 Å². The minimum Gasteiger partial charge on any atom is -0.351 e. The molecule has 26 heavy (non-hydrogen) atoms. The van der Waals surface area contributed by atoms with Gasteiger partial charge in [0.25, 0.3) is 0 Å². The zero-order valence-corrected chi connectivity index (χ0v) is 16.0. The number of carbonyl (C=O) groups is 1.